The van der Waals surface area contributed by atoms with Gasteiger partial charge in [0.2, 0.25) is 0 Å². The van der Waals surface area contributed by atoms with E-state index in [2.05, 4.69) is 47.2 Å². The van der Waals surface area contributed by atoms with Crippen LogP contribution in [0.3, 0.4) is 0 Å². The van der Waals surface area contributed by atoms with Gasteiger partial charge in [0, 0.05) is 52.6 Å². The summed E-state index contributed by atoms with van der Waals surface area (Å²) in [5.74, 6) is 0. The molecule has 1 aliphatic rings. The summed E-state index contributed by atoms with van der Waals surface area (Å²) in [6.45, 7) is 2.42. The van der Waals surface area contributed by atoms with Gasteiger partial charge in [-0.15, -0.1) is 71.3 Å². The zero-order chi connectivity index (χ0) is 21.4. The van der Waals surface area contributed by atoms with Crippen molar-refractivity contribution >= 4 is 0 Å². The van der Waals surface area contributed by atoms with Gasteiger partial charge in [0.15, 0.2) is 0 Å². The number of nitrogens with zero attached hydrogens (tertiary/aromatic N) is 2. The van der Waals surface area contributed by atoms with E-state index in [1.165, 1.54) is 37.7 Å². The third-order valence-electron chi connectivity index (χ3n) is 5.91. The molecule has 0 amide bonds. The molecule has 1 fully saturated rings. The molecule has 0 unspecified atom stereocenters. The molecule has 2 aromatic heterocycles. The molecule has 33 heavy (non-hydrogen) atoms. The third-order valence-corrected chi connectivity index (χ3v) is 5.91. The van der Waals surface area contributed by atoms with Gasteiger partial charge in [-0.2, -0.15) is 0 Å². The molecule has 0 N–H and O–H groups in total. The van der Waals surface area contributed by atoms with E-state index in [4.69, 9.17) is 0 Å². The van der Waals surface area contributed by atoms with Gasteiger partial charge in [-0.1, -0.05) is 50.5 Å². The first kappa shape index (κ1) is 27.3. The van der Waals surface area contributed by atoms with Crippen LogP contribution >= 0.6 is 0 Å². The standard InChI is InChI=1S/C18H20N.C11H8N.2Ir/c1-18(11-3-4-12-18)14-15-7-9-16(10-8-15)17-6-2-5-13-19-17;1-2-6-10(7-3-1)11-8-4-5-9-12-11;;/h2,5-9,13H,3-4,11-12,14H2,1H3;1-6,8-9H;;/q2*-1;;. The predicted octanol–water partition coefficient (Wildman–Crippen LogP) is 7.22. The van der Waals surface area contributed by atoms with Gasteiger partial charge in [0.1, 0.15) is 0 Å². The Kier molecular flexibility index (Phi) is 11.3. The Morgan fingerprint density at radius 2 is 1.33 bits per heavy atom. The molecule has 2 heterocycles. The molecule has 0 atom stereocenters. The molecular formula is C29H28Ir2N2-2. The van der Waals surface area contributed by atoms with Crippen LogP contribution in [-0.4, -0.2) is 9.97 Å². The molecule has 4 heteroatoms. The van der Waals surface area contributed by atoms with Crippen LogP contribution in [0.4, 0.5) is 0 Å². The number of pyridine rings is 2. The van der Waals surface area contributed by atoms with Crippen molar-refractivity contribution in [2.45, 2.75) is 39.0 Å². The molecule has 4 aromatic rings. The van der Waals surface area contributed by atoms with E-state index < -0.39 is 0 Å². The van der Waals surface area contributed by atoms with Gasteiger partial charge in [0.25, 0.3) is 0 Å². The van der Waals surface area contributed by atoms with Crippen LogP contribution in [0.1, 0.15) is 38.2 Å². The van der Waals surface area contributed by atoms with Gasteiger partial charge in [-0.25, -0.2) is 0 Å². The maximum Gasteiger partial charge on any atom is 0.0160 e. The van der Waals surface area contributed by atoms with Crippen molar-refractivity contribution < 1.29 is 40.2 Å². The molecule has 5 rings (SSSR count). The van der Waals surface area contributed by atoms with Crippen LogP contribution in [0.25, 0.3) is 22.5 Å². The largest absolute Gasteiger partial charge is 0.305 e. The zero-order valence-corrected chi connectivity index (χ0v) is 23.5. The Hall–Kier alpha value is -1.96. The van der Waals surface area contributed by atoms with Crippen LogP contribution < -0.4 is 0 Å². The molecule has 2 radical (unpaired) electrons. The average Bonchev–Trinajstić information content (AvgIpc) is 3.27. The van der Waals surface area contributed by atoms with Crippen molar-refractivity contribution in [3.05, 3.63) is 109 Å². The fourth-order valence-electron chi connectivity index (χ4n) is 4.22. The van der Waals surface area contributed by atoms with Crippen molar-refractivity contribution in [1.29, 1.82) is 0 Å². The van der Waals surface area contributed by atoms with Crippen molar-refractivity contribution in [3.8, 4) is 22.5 Å². The summed E-state index contributed by atoms with van der Waals surface area (Å²) in [5, 5.41) is 0. The van der Waals surface area contributed by atoms with E-state index in [0.717, 1.165) is 22.5 Å². The van der Waals surface area contributed by atoms with Crippen LogP contribution in [0, 0.1) is 17.5 Å². The maximum atomic E-state index is 4.36. The van der Waals surface area contributed by atoms with E-state index in [0.29, 0.717) is 5.41 Å². The minimum absolute atomic E-state index is 0. The summed E-state index contributed by atoms with van der Waals surface area (Å²) in [6.07, 6.45) is 10.3. The maximum absolute atomic E-state index is 4.36. The molecule has 1 aliphatic carbocycles. The van der Waals surface area contributed by atoms with E-state index >= 15 is 0 Å². The first-order chi connectivity index (χ1) is 15.2. The summed E-state index contributed by atoms with van der Waals surface area (Å²) in [4.78, 5) is 8.58. The molecule has 0 saturated heterocycles. The smallest absolute Gasteiger partial charge is 0.0160 e. The molecule has 2 nitrogen and oxygen atoms in total. The van der Waals surface area contributed by atoms with Crippen LogP contribution in [0.15, 0.2) is 91.3 Å². The van der Waals surface area contributed by atoms with E-state index in [-0.39, 0.29) is 40.2 Å². The molecule has 1 saturated carbocycles. The monoisotopic (exact) mass is 790 g/mol. The molecule has 0 aliphatic heterocycles. The van der Waals surface area contributed by atoms with Crippen molar-refractivity contribution in [2.24, 2.45) is 5.41 Å². The summed E-state index contributed by atoms with van der Waals surface area (Å²) < 4.78 is 0. The quantitative estimate of drug-likeness (QED) is 0.205. The fourth-order valence-corrected chi connectivity index (χ4v) is 4.22. The Bertz CT molecular complexity index is 1010. The van der Waals surface area contributed by atoms with Gasteiger partial charge in [0.05, 0.1) is 0 Å². The van der Waals surface area contributed by atoms with E-state index in [1.807, 2.05) is 66.9 Å². The molecular weight excluding hydrogens is 761 g/mol. The third kappa shape index (κ3) is 8.09. The number of hydrogen-bond acceptors (Lipinski definition) is 2. The number of hydrogen-bond donors (Lipinski definition) is 0. The predicted molar refractivity (Wildman–Crippen MR) is 127 cm³/mol. The van der Waals surface area contributed by atoms with Crippen molar-refractivity contribution in [1.82, 2.24) is 9.97 Å². The van der Waals surface area contributed by atoms with Crippen LogP contribution in [0.5, 0.6) is 0 Å². The summed E-state index contributed by atoms with van der Waals surface area (Å²) in [6, 6.07) is 32.7. The van der Waals surface area contributed by atoms with Crippen molar-refractivity contribution in [2.75, 3.05) is 0 Å². The first-order valence-corrected chi connectivity index (χ1v) is 11.0. The average molecular weight is 789 g/mol. The Labute approximate surface area is 225 Å². The number of aromatic nitrogens is 2. The minimum Gasteiger partial charge on any atom is -0.305 e. The second-order valence-electron chi connectivity index (χ2n) is 8.51. The molecule has 0 spiro atoms. The van der Waals surface area contributed by atoms with E-state index in [9.17, 15) is 0 Å². The van der Waals surface area contributed by atoms with Gasteiger partial charge < -0.3 is 9.97 Å². The minimum atomic E-state index is 0. The molecule has 2 aromatic carbocycles. The van der Waals surface area contributed by atoms with Gasteiger partial charge in [-0.3, -0.25) is 0 Å². The van der Waals surface area contributed by atoms with E-state index in [1.54, 1.807) is 6.20 Å². The zero-order valence-electron chi connectivity index (χ0n) is 18.8. The molecule has 0 bridgehead atoms. The topological polar surface area (TPSA) is 25.8 Å². The molecule has 174 valence electrons. The second-order valence-corrected chi connectivity index (χ2v) is 8.51. The number of rotatable bonds is 4. The number of benzene rings is 2. The summed E-state index contributed by atoms with van der Waals surface area (Å²) >= 11 is 0. The Balaban J connectivity index is 0.000000240. The van der Waals surface area contributed by atoms with Crippen LogP contribution in [0.2, 0.25) is 0 Å². The Morgan fingerprint density at radius 3 is 1.82 bits per heavy atom. The first-order valence-electron chi connectivity index (χ1n) is 11.0. The summed E-state index contributed by atoms with van der Waals surface area (Å²) in [5.41, 5.74) is 6.02. The van der Waals surface area contributed by atoms with Gasteiger partial charge in [-0.05, 0) is 41.8 Å². The van der Waals surface area contributed by atoms with Crippen LogP contribution in [-0.2, 0) is 46.6 Å². The SMILES string of the molecule is CC1(Cc2c[c-]c(-c3ccccn3)cc2)CCCC1.[Ir].[Ir].[c-]1ccccc1-c1ccccn1. The van der Waals surface area contributed by atoms with Crippen molar-refractivity contribution in [3.63, 3.8) is 0 Å². The van der Waals surface area contributed by atoms with Gasteiger partial charge >= 0.3 is 0 Å². The fraction of sp³-hybridized carbons (Fsp3) is 0.241. The normalized spacial score (nSPS) is 13.6. The Morgan fingerprint density at radius 1 is 0.727 bits per heavy atom. The summed E-state index contributed by atoms with van der Waals surface area (Å²) in [7, 11) is 0. The second kappa shape index (κ2) is 13.7.